The summed E-state index contributed by atoms with van der Waals surface area (Å²) in [5.74, 6) is -0.305. The van der Waals surface area contributed by atoms with E-state index in [0.717, 1.165) is 4.68 Å². The van der Waals surface area contributed by atoms with Gasteiger partial charge in [-0.15, -0.1) is 0 Å². The fourth-order valence-corrected chi connectivity index (χ4v) is 3.11. The van der Waals surface area contributed by atoms with Gasteiger partial charge < -0.3 is 4.74 Å². The van der Waals surface area contributed by atoms with Crippen molar-refractivity contribution in [3.63, 3.8) is 0 Å². The molecule has 0 aliphatic rings. The number of hydrogen-bond acceptors (Lipinski definition) is 4. The standard InChI is InChI=1S/C12H14FN3O3S/c1-8-11(12(13)16(2)14-8)20(17,18)15-9-4-6-10(19-3)7-5-9/h4-7,15H,1-3H3. The summed E-state index contributed by atoms with van der Waals surface area (Å²) in [5, 5.41) is 3.75. The summed E-state index contributed by atoms with van der Waals surface area (Å²) in [7, 11) is -1.17. The van der Waals surface area contributed by atoms with E-state index in [2.05, 4.69) is 9.82 Å². The minimum atomic E-state index is -4.02. The Bertz CT molecular complexity index is 723. The van der Waals surface area contributed by atoms with Crippen molar-refractivity contribution in [2.24, 2.45) is 7.05 Å². The van der Waals surface area contributed by atoms with Gasteiger partial charge in [0, 0.05) is 12.7 Å². The van der Waals surface area contributed by atoms with Gasteiger partial charge in [0.2, 0.25) is 5.95 Å². The molecule has 0 spiro atoms. The van der Waals surface area contributed by atoms with Crippen LogP contribution in [0.1, 0.15) is 5.69 Å². The number of sulfonamides is 1. The Balaban J connectivity index is 2.35. The van der Waals surface area contributed by atoms with Crippen LogP contribution < -0.4 is 9.46 Å². The largest absolute Gasteiger partial charge is 0.497 e. The van der Waals surface area contributed by atoms with Gasteiger partial charge in [-0.25, -0.2) is 13.1 Å². The highest BCUT2D eigenvalue weighted by atomic mass is 32.2. The second kappa shape index (κ2) is 5.12. The number of halogens is 1. The molecule has 108 valence electrons. The second-order valence-electron chi connectivity index (χ2n) is 4.16. The fraction of sp³-hybridized carbons (Fsp3) is 0.250. The van der Waals surface area contributed by atoms with E-state index in [1.165, 1.54) is 33.2 Å². The molecule has 1 aromatic carbocycles. The molecule has 1 heterocycles. The van der Waals surface area contributed by atoms with Crippen LogP contribution in [0.2, 0.25) is 0 Å². The van der Waals surface area contributed by atoms with E-state index in [4.69, 9.17) is 4.74 Å². The minimum absolute atomic E-state index is 0.103. The molecule has 0 radical (unpaired) electrons. The molecule has 2 rings (SSSR count). The number of nitrogens with one attached hydrogen (secondary N) is 1. The Morgan fingerprint density at radius 1 is 1.30 bits per heavy atom. The molecular formula is C12H14FN3O3S. The lowest BCUT2D eigenvalue weighted by molar-refractivity contribution is 0.415. The average molecular weight is 299 g/mol. The zero-order chi connectivity index (χ0) is 14.9. The summed E-state index contributed by atoms with van der Waals surface area (Å²) in [6.45, 7) is 1.44. The van der Waals surface area contributed by atoms with Gasteiger partial charge in [0.15, 0.2) is 4.90 Å². The number of benzene rings is 1. The van der Waals surface area contributed by atoms with Gasteiger partial charge in [0.25, 0.3) is 10.0 Å². The van der Waals surface area contributed by atoms with E-state index in [-0.39, 0.29) is 5.69 Å². The summed E-state index contributed by atoms with van der Waals surface area (Å²) in [6, 6.07) is 6.26. The summed E-state index contributed by atoms with van der Waals surface area (Å²) in [4.78, 5) is -0.448. The van der Waals surface area contributed by atoms with E-state index in [1.54, 1.807) is 12.1 Å². The van der Waals surface area contributed by atoms with Crippen LogP contribution in [-0.4, -0.2) is 25.3 Å². The summed E-state index contributed by atoms with van der Waals surface area (Å²) < 4.78 is 46.3. The lowest BCUT2D eigenvalue weighted by Gasteiger charge is -2.08. The van der Waals surface area contributed by atoms with Gasteiger partial charge >= 0.3 is 0 Å². The van der Waals surface area contributed by atoms with E-state index in [9.17, 15) is 12.8 Å². The molecule has 0 unspecified atom stereocenters. The van der Waals surface area contributed by atoms with E-state index in [1.807, 2.05) is 0 Å². The third kappa shape index (κ3) is 2.60. The number of nitrogens with zero attached hydrogens (tertiary/aromatic N) is 2. The molecule has 0 aliphatic heterocycles. The SMILES string of the molecule is COc1ccc(NS(=O)(=O)c2c(C)nn(C)c2F)cc1. The van der Waals surface area contributed by atoms with Gasteiger partial charge in [-0.3, -0.25) is 4.72 Å². The monoisotopic (exact) mass is 299 g/mol. The number of ether oxygens (including phenoxy) is 1. The van der Waals surface area contributed by atoms with Crippen LogP contribution in [-0.2, 0) is 17.1 Å². The smallest absolute Gasteiger partial charge is 0.268 e. The van der Waals surface area contributed by atoms with Crippen LogP contribution in [0, 0.1) is 12.9 Å². The fourth-order valence-electron chi connectivity index (χ4n) is 1.78. The minimum Gasteiger partial charge on any atom is -0.497 e. The van der Waals surface area contributed by atoms with Crippen molar-refractivity contribution in [3.05, 3.63) is 35.9 Å². The first kappa shape index (κ1) is 14.3. The second-order valence-corrected chi connectivity index (χ2v) is 5.78. The van der Waals surface area contributed by atoms with Crippen molar-refractivity contribution in [2.75, 3.05) is 11.8 Å². The Morgan fingerprint density at radius 3 is 2.35 bits per heavy atom. The molecule has 0 bridgehead atoms. The predicted octanol–water partition coefficient (Wildman–Crippen LogP) is 1.68. The normalized spacial score (nSPS) is 11.4. The molecule has 0 aliphatic carbocycles. The summed E-state index contributed by atoms with van der Waals surface area (Å²) in [5.41, 5.74) is 0.416. The summed E-state index contributed by atoms with van der Waals surface area (Å²) >= 11 is 0. The first-order chi connectivity index (χ1) is 9.35. The van der Waals surface area contributed by atoms with Crippen molar-refractivity contribution in [1.29, 1.82) is 0 Å². The van der Waals surface area contributed by atoms with Gasteiger partial charge in [0.1, 0.15) is 5.75 Å². The van der Waals surface area contributed by atoms with Gasteiger partial charge in [-0.2, -0.15) is 9.49 Å². The Labute approximate surface area is 116 Å². The molecule has 8 heteroatoms. The van der Waals surface area contributed by atoms with Crippen LogP contribution in [0.3, 0.4) is 0 Å². The lowest BCUT2D eigenvalue weighted by Crippen LogP contribution is -2.15. The number of hydrogen-bond donors (Lipinski definition) is 1. The van der Waals surface area contributed by atoms with Crippen molar-refractivity contribution in [1.82, 2.24) is 9.78 Å². The van der Waals surface area contributed by atoms with Crippen molar-refractivity contribution in [3.8, 4) is 5.75 Å². The van der Waals surface area contributed by atoms with E-state index in [0.29, 0.717) is 11.4 Å². The van der Waals surface area contributed by atoms with Crippen LogP contribution in [0.15, 0.2) is 29.2 Å². The van der Waals surface area contributed by atoms with Crippen molar-refractivity contribution < 1.29 is 17.5 Å². The molecule has 0 atom stereocenters. The molecular weight excluding hydrogens is 285 g/mol. The number of anilines is 1. The maximum absolute atomic E-state index is 13.8. The maximum atomic E-state index is 13.8. The molecule has 0 amide bonds. The number of aryl methyl sites for hydroxylation is 2. The van der Waals surface area contributed by atoms with Crippen molar-refractivity contribution in [2.45, 2.75) is 11.8 Å². The van der Waals surface area contributed by atoms with Crippen LogP contribution in [0.25, 0.3) is 0 Å². The Kier molecular flexibility index (Phi) is 3.67. The maximum Gasteiger partial charge on any atom is 0.268 e. The molecule has 0 saturated heterocycles. The third-order valence-corrected chi connectivity index (χ3v) is 4.22. The number of methoxy groups -OCH3 is 1. The topological polar surface area (TPSA) is 73.2 Å². The zero-order valence-corrected chi connectivity index (χ0v) is 12.0. The first-order valence-corrected chi connectivity index (χ1v) is 7.19. The third-order valence-electron chi connectivity index (χ3n) is 2.71. The summed E-state index contributed by atoms with van der Waals surface area (Å²) in [6.07, 6.45) is 0. The molecule has 0 saturated carbocycles. The average Bonchev–Trinajstić information content (AvgIpc) is 2.64. The van der Waals surface area contributed by atoms with Gasteiger partial charge in [0.05, 0.1) is 12.8 Å². The molecule has 2 aromatic rings. The van der Waals surface area contributed by atoms with Gasteiger partial charge in [-0.05, 0) is 31.2 Å². The van der Waals surface area contributed by atoms with Crippen molar-refractivity contribution >= 4 is 15.7 Å². The van der Waals surface area contributed by atoms with Crippen LogP contribution in [0.4, 0.5) is 10.1 Å². The van der Waals surface area contributed by atoms with E-state index >= 15 is 0 Å². The highest BCUT2D eigenvalue weighted by Gasteiger charge is 2.26. The molecule has 6 nitrogen and oxygen atoms in total. The predicted molar refractivity (Wildman–Crippen MR) is 71.7 cm³/mol. The highest BCUT2D eigenvalue weighted by Crippen LogP contribution is 2.22. The van der Waals surface area contributed by atoms with E-state index < -0.39 is 20.9 Å². The lowest BCUT2D eigenvalue weighted by atomic mass is 10.3. The first-order valence-electron chi connectivity index (χ1n) is 5.71. The molecule has 0 fully saturated rings. The number of aromatic nitrogens is 2. The quantitative estimate of drug-likeness (QED) is 0.932. The molecule has 1 N–H and O–H groups in total. The highest BCUT2D eigenvalue weighted by molar-refractivity contribution is 7.92. The van der Waals surface area contributed by atoms with Gasteiger partial charge in [-0.1, -0.05) is 0 Å². The Hall–Kier alpha value is -2.09. The molecule has 20 heavy (non-hydrogen) atoms. The van der Waals surface area contributed by atoms with Crippen LogP contribution in [0.5, 0.6) is 5.75 Å². The molecule has 1 aromatic heterocycles. The zero-order valence-electron chi connectivity index (χ0n) is 11.2. The Morgan fingerprint density at radius 2 is 1.90 bits per heavy atom. The van der Waals surface area contributed by atoms with Crippen LogP contribution >= 0.6 is 0 Å². The number of rotatable bonds is 4.